The van der Waals surface area contributed by atoms with Crippen molar-refractivity contribution in [3.63, 3.8) is 0 Å². The number of nitrogens with one attached hydrogen (secondary N) is 2. The van der Waals surface area contributed by atoms with Crippen LogP contribution in [-0.4, -0.2) is 33.5 Å². The number of rotatable bonds is 6. The Bertz CT molecular complexity index is 1450. The van der Waals surface area contributed by atoms with E-state index in [-0.39, 0.29) is 11.7 Å². The van der Waals surface area contributed by atoms with Crippen molar-refractivity contribution in [2.24, 2.45) is 0 Å². The number of carbonyl (C=O) groups is 1. The number of para-hydroxylation sites is 1. The molecule has 0 fully saturated rings. The van der Waals surface area contributed by atoms with Crippen LogP contribution in [0.1, 0.15) is 15.9 Å². The maximum atomic E-state index is 12.4. The minimum Gasteiger partial charge on any atom is -0.507 e. The van der Waals surface area contributed by atoms with Gasteiger partial charge in [-0.1, -0.05) is 24.3 Å². The standard InChI is InChI=1S/C24H20BN5O2S/c25-19-13-27-30-22(11-20(29-23(19)30)18-6-1-2-7-21(18)31)26-12-15-4-3-5-17(10-15)28-24(32)16-8-9-33-14-16/h1-11,13-14,26,31H,12,25H2,(H,28,32). The minimum atomic E-state index is -0.128. The Hall–Kier alpha value is -4.11. The molecule has 2 aromatic carbocycles. The first-order valence-corrected chi connectivity index (χ1v) is 11.3. The molecule has 9 heteroatoms. The lowest BCUT2D eigenvalue weighted by molar-refractivity contribution is 0.102. The number of benzene rings is 2. The van der Waals surface area contributed by atoms with Crippen LogP contribution in [0.25, 0.3) is 16.9 Å². The highest BCUT2D eigenvalue weighted by Crippen LogP contribution is 2.29. The SMILES string of the molecule is Bc1cnn2c(NCc3cccc(NC(=O)c4ccsc4)c3)cc(-c3ccccc3O)nc12. The predicted octanol–water partition coefficient (Wildman–Crippen LogP) is 3.29. The van der Waals surface area contributed by atoms with Crippen molar-refractivity contribution < 1.29 is 9.90 Å². The number of hydrogen-bond donors (Lipinski definition) is 3. The molecule has 162 valence electrons. The number of nitrogens with zero attached hydrogens (tertiary/aromatic N) is 3. The van der Waals surface area contributed by atoms with Gasteiger partial charge in [0.2, 0.25) is 0 Å². The van der Waals surface area contributed by atoms with E-state index in [1.165, 1.54) is 11.3 Å². The van der Waals surface area contributed by atoms with Crippen LogP contribution in [0.15, 0.2) is 77.6 Å². The first-order chi connectivity index (χ1) is 16.1. The van der Waals surface area contributed by atoms with Crippen molar-refractivity contribution >= 4 is 47.7 Å². The number of fused-ring (bicyclic) bond motifs is 1. The van der Waals surface area contributed by atoms with Gasteiger partial charge in [-0.15, -0.1) is 0 Å². The maximum Gasteiger partial charge on any atom is 0.256 e. The van der Waals surface area contributed by atoms with Crippen LogP contribution in [-0.2, 0) is 6.54 Å². The molecule has 3 aromatic heterocycles. The molecule has 1 amide bonds. The highest BCUT2D eigenvalue weighted by Gasteiger charge is 2.13. The Labute approximate surface area is 195 Å². The maximum absolute atomic E-state index is 12.4. The lowest BCUT2D eigenvalue weighted by Crippen LogP contribution is -2.12. The van der Waals surface area contributed by atoms with E-state index in [4.69, 9.17) is 4.98 Å². The molecule has 0 aliphatic carbocycles. The van der Waals surface area contributed by atoms with E-state index in [9.17, 15) is 9.90 Å². The van der Waals surface area contributed by atoms with Gasteiger partial charge >= 0.3 is 0 Å². The Morgan fingerprint density at radius 3 is 2.82 bits per heavy atom. The summed E-state index contributed by atoms with van der Waals surface area (Å²) in [6, 6.07) is 18.5. The second-order valence-corrected chi connectivity index (χ2v) is 8.41. The van der Waals surface area contributed by atoms with Gasteiger partial charge in [-0.25, -0.2) is 4.98 Å². The Kier molecular flexibility index (Phi) is 5.54. The Balaban J connectivity index is 1.41. The quantitative estimate of drug-likeness (QED) is 0.344. The van der Waals surface area contributed by atoms with Crippen LogP contribution in [0.3, 0.4) is 0 Å². The van der Waals surface area contributed by atoms with Crippen molar-refractivity contribution in [1.82, 2.24) is 14.6 Å². The number of phenols is 1. The molecule has 0 saturated carbocycles. The second kappa shape index (κ2) is 8.80. The molecular formula is C24H20BN5O2S. The highest BCUT2D eigenvalue weighted by molar-refractivity contribution is 7.08. The van der Waals surface area contributed by atoms with Crippen LogP contribution >= 0.6 is 11.3 Å². The third-order valence-corrected chi connectivity index (χ3v) is 5.95. The molecule has 3 N–H and O–H groups in total. The van der Waals surface area contributed by atoms with Crippen molar-refractivity contribution in [2.75, 3.05) is 10.6 Å². The molecule has 5 aromatic rings. The van der Waals surface area contributed by atoms with Crippen LogP contribution in [0, 0.1) is 0 Å². The molecule has 0 aliphatic heterocycles. The minimum absolute atomic E-state index is 0.128. The zero-order valence-electron chi connectivity index (χ0n) is 17.8. The summed E-state index contributed by atoms with van der Waals surface area (Å²) in [5.74, 6) is 0.794. The lowest BCUT2D eigenvalue weighted by Gasteiger charge is -2.13. The number of anilines is 2. The Morgan fingerprint density at radius 1 is 1.12 bits per heavy atom. The molecule has 3 heterocycles. The molecule has 0 spiro atoms. The van der Waals surface area contributed by atoms with Crippen molar-refractivity contribution in [3.8, 4) is 17.0 Å². The first kappa shape index (κ1) is 20.8. The van der Waals surface area contributed by atoms with Crippen molar-refractivity contribution in [3.05, 3.63) is 88.7 Å². The third kappa shape index (κ3) is 4.31. The van der Waals surface area contributed by atoms with Gasteiger partial charge < -0.3 is 15.7 Å². The van der Waals surface area contributed by atoms with E-state index < -0.39 is 0 Å². The summed E-state index contributed by atoms with van der Waals surface area (Å²) in [6.45, 7) is 0.514. The van der Waals surface area contributed by atoms with Crippen LogP contribution in [0.4, 0.5) is 11.5 Å². The predicted molar refractivity (Wildman–Crippen MR) is 134 cm³/mol. The zero-order valence-corrected chi connectivity index (χ0v) is 18.6. The molecule has 0 saturated heterocycles. The molecule has 7 nitrogen and oxygen atoms in total. The molecular weight excluding hydrogens is 433 g/mol. The van der Waals surface area contributed by atoms with E-state index in [2.05, 4.69) is 15.7 Å². The zero-order chi connectivity index (χ0) is 22.8. The molecule has 0 bridgehead atoms. The number of carbonyl (C=O) groups excluding carboxylic acids is 1. The van der Waals surface area contributed by atoms with Crippen molar-refractivity contribution in [1.29, 1.82) is 0 Å². The molecule has 0 radical (unpaired) electrons. The molecule has 33 heavy (non-hydrogen) atoms. The van der Waals surface area contributed by atoms with Gasteiger partial charge in [-0.05, 0) is 46.7 Å². The molecule has 0 aliphatic rings. The number of hydrogen-bond acceptors (Lipinski definition) is 6. The van der Waals surface area contributed by atoms with Crippen LogP contribution < -0.4 is 16.1 Å². The van der Waals surface area contributed by atoms with E-state index in [1.807, 2.05) is 61.1 Å². The topological polar surface area (TPSA) is 91.5 Å². The van der Waals surface area contributed by atoms with E-state index >= 15 is 0 Å². The van der Waals surface area contributed by atoms with Gasteiger partial charge in [0.1, 0.15) is 19.4 Å². The summed E-state index contributed by atoms with van der Waals surface area (Å²) < 4.78 is 1.75. The molecule has 0 unspecified atom stereocenters. The summed E-state index contributed by atoms with van der Waals surface area (Å²) in [6.07, 6.45) is 1.77. The van der Waals surface area contributed by atoms with E-state index in [0.29, 0.717) is 23.4 Å². The largest absolute Gasteiger partial charge is 0.507 e. The summed E-state index contributed by atoms with van der Waals surface area (Å²) >= 11 is 1.49. The van der Waals surface area contributed by atoms with Crippen molar-refractivity contribution in [2.45, 2.75) is 6.54 Å². The van der Waals surface area contributed by atoms with Gasteiger partial charge in [-0.2, -0.15) is 21.0 Å². The first-order valence-electron chi connectivity index (χ1n) is 10.4. The normalized spacial score (nSPS) is 10.9. The summed E-state index contributed by atoms with van der Waals surface area (Å²) in [5.41, 5.74) is 5.34. The average molecular weight is 453 g/mol. The fraction of sp³-hybridized carbons (Fsp3) is 0.0417. The fourth-order valence-electron chi connectivity index (χ4n) is 3.58. The number of thiophene rings is 1. The second-order valence-electron chi connectivity index (χ2n) is 7.63. The average Bonchev–Trinajstić information content (AvgIpc) is 3.49. The summed E-state index contributed by atoms with van der Waals surface area (Å²) in [5, 5.41) is 24.8. The third-order valence-electron chi connectivity index (χ3n) is 5.27. The van der Waals surface area contributed by atoms with Gasteiger partial charge in [0.25, 0.3) is 5.91 Å². The van der Waals surface area contributed by atoms with Crippen LogP contribution in [0.2, 0.25) is 0 Å². The van der Waals surface area contributed by atoms with E-state index in [0.717, 1.165) is 28.2 Å². The number of aromatic hydroxyl groups is 1. The Morgan fingerprint density at radius 2 is 2.00 bits per heavy atom. The molecule has 0 atom stereocenters. The van der Waals surface area contributed by atoms with Gasteiger partial charge in [-0.3, -0.25) is 4.79 Å². The van der Waals surface area contributed by atoms with Gasteiger partial charge in [0.15, 0.2) is 5.65 Å². The number of phenolic OH excluding ortho intramolecular Hbond substituents is 1. The van der Waals surface area contributed by atoms with Crippen LogP contribution in [0.5, 0.6) is 5.75 Å². The summed E-state index contributed by atoms with van der Waals surface area (Å²) in [7, 11) is 1.95. The lowest BCUT2D eigenvalue weighted by atomic mass is 10.0. The fourth-order valence-corrected chi connectivity index (χ4v) is 4.21. The number of aromatic nitrogens is 3. The monoisotopic (exact) mass is 453 g/mol. The smallest absolute Gasteiger partial charge is 0.256 e. The van der Waals surface area contributed by atoms with Gasteiger partial charge in [0.05, 0.1) is 11.3 Å². The van der Waals surface area contributed by atoms with Gasteiger partial charge in [0, 0.05) is 35.4 Å². The summed E-state index contributed by atoms with van der Waals surface area (Å²) in [4.78, 5) is 17.1. The number of amides is 1. The molecule has 5 rings (SSSR count). The van der Waals surface area contributed by atoms with E-state index in [1.54, 1.807) is 28.9 Å². The highest BCUT2D eigenvalue weighted by atomic mass is 32.1.